The van der Waals surface area contributed by atoms with Crippen LogP contribution in [0.5, 0.6) is 5.75 Å². The minimum atomic E-state index is -0.0617. The number of hydrogen-bond acceptors (Lipinski definition) is 3. The Labute approximate surface area is 116 Å². The maximum Gasteiger partial charge on any atom is 0.250 e. The zero-order valence-electron chi connectivity index (χ0n) is 10.4. The van der Waals surface area contributed by atoms with Crippen molar-refractivity contribution in [2.45, 2.75) is 13.0 Å². The van der Waals surface area contributed by atoms with E-state index in [0.29, 0.717) is 23.9 Å². The molecule has 1 heterocycles. The van der Waals surface area contributed by atoms with Crippen LogP contribution < -0.4 is 16.0 Å². The van der Waals surface area contributed by atoms with Crippen molar-refractivity contribution >= 4 is 17.3 Å². The standard InChI is InChI=1S/C14H15ClN2O2/c15-11-5-6-14(18)17(10-11)7-2-8-19-13-4-1-3-12(16)9-13/h1,3-6,9-10H,2,7-8,16H2. The molecule has 0 aliphatic carbocycles. The van der Waals surface area contributed by atoms with Crippen molar-refractivity contribution in [3.63, 3.8) is 0 Å². The first-order valence-electron chi connectivity index (χ1n) is 5.99. The van der Waals surface area contributed by atoms with E-state index in [1.807, 2.05) is 12.1 Å². The van der Waals surface area contributed by atoms with Crippen LogP contribution in [0.2, 0.25) is 5.02 Å². The fourth-order valence-electron chi connectivity index (χ4n) is 1.71. The molecule has 2 rings (SSSR count). The number of anilines is 1. The van der Waals surface area contributed by atoms with E-state index >= 15 is 0 Å². The van der Waals surface area contributed by atoms with E-state index < -0.39 is 0 Å². The highest BCUT2D eigenvalue weighted by molar-refractivity contribution is 6.30. The van der Waals surface area contributed by atoms with Crippen LogP contribution in [0.4, 0.5) is 5.69 Å². The average Bonchev–Trinajstić information content (AvgIpc) is 2.39. The van der Waals surface area contributed by atoms with Gasteiger partial charge in [0.05, 0.1) is 11.6 Å². The van der Waals surface area contributed by atoms with Gasteiger partial charge in [-0.25, -0.2) is 0 Å². The summed E-state index contributed by atoms with van der Waals surface area (Å²) in [5.41, 5.74) is 6.26. The molecule has 2 N–H and O–H groups in total. The molecule has 1 aromatic heterocycles. The molecule has 0 saturated heterocycles. The summed E-state index contributed by atoms with van der Waals surface area (Å²) >= 11 is 5.84. The molecule has 0 radical (unpaired) electrons. The molecule has 5 heteroatoms. The molecule has 0 atom stereocenters. The fraction of sp³-hybridized carbons (Fsp3) is 0.214. The van der Waals surface area contributed by atoms with Gasteiger partial charge >= 0.3 is 0 Å². The van der Waals surface area contributed by atoms with E-state index in [0.717, 1.165) is 12.2 Å². The van der Waals surface area contributed by atoms with Crippen molar-refractivity contribution < 1.29 is 4.74 Å². The molecule has 2 aromatic rings. The second kappa shape index (κ2) is 6.29. The number of benzene rings is 1. The highest BCUT2D eigenvalue weighted by Gasteiger charge is 1.98. The van der Waals surface area contributed by atoms with Gasteiger partial charge in [-0.2, -0.15) is 0 Å². The van der Waals surface area contributed by atoms with Crippen molar-refractivity contribution in [3.8, 4) is 5.75 Å². The van der Waals surface area contributed by atoms with Crippen LogP contribution in [0.1, 0.15) is 6.42 Å². The lowest BCUT2D eigenvalue weighted by Gasteiger charge is -2.08. The van der Waals surface area contributed by atoms with Gasteiger partial charge in [-0.3, -0.25) is 4.79 Å². The molecule has 1 aromatic carbocycles. The van der Waals surface area contributed by atoms with Gasteiger partial charge in [0.1, 0.15) is 5.75 Å². The van der Waals surface area contributed by atoms with E-state index in [1.54, 1.807) is 29.0 Å². The van der Waals surface area contributed by atoms with Gasteiger partial charge in [-0.1, -0.05) is 17.7 Å². The van der Waals surface area contributed by atoms with Crippen LogP contribution in [0.3, 0.4) is 0 Å². The lowest BCUT2D eigenvalue weighted by Crippen LogP contribution is -2.19. The summed E-state index contributed by atoms with van der Waals surface area (Å²) in [6.07, 6.45) is 2.35. The van der Waals surface area contributed by atoms with Crippen LogP contribution in [0.25, 0.3) is 0 Å². The number of rotatable bonds is 5. The second-order valence-electron chi connectivity index (χ2n) is 4.15. The Bertz CT molecular complexity index is 610. The summed E-state index contributed by atoms with van der Waals surface area (Å²) in [5, 5.41) is 0.552. The highest BCUT2D eigenvalue weighted by atomic mass is 35.5. The van der Waals surface area contributed by atoms with Crippen LogP contribution >= 0.6 is 11.6 Å². The van der Waals surface area contributed by atoms with Gasteiger partial charge in [0.25, 0.3) is 5.56 Å². The molecule has 0 bridgehead atoms. The number of pyridine rings is 1. The first kappa shape index (κ1) is 13.5. The zero-order valence-corrected chi connectivity index (χ0v) is 11.1. The normalized spacial score (nSPS) is 10.4. The molecule has 4 nitrogen and oxygen atoms in total. The maximum absolute atomic E-state index is 11.5. The largest absolute Gasteiger partial charge is 0.493 e. The lowest BCUT2D eigenvalue weighted by molar-refractivity contribution is 0.301. The fourth-order valence-corrected chi connectivity index (χ4v) is 1.89. The third kappa shape index (κ3) is 4.03. The number of nitrogens with zero attached hydrogens (tertiary/aromatic N) is 1. The number of nitrogens with two attached hydrogens (primary N) is 1. The SMILES string of the molecule is Nc1cccc(OCCCn2cc(Cl)ccc2=O)c1. The van der Waals surface area contributed by atoms with Gasteiger partial charge in [0, 0.05) is 30.6 Å². The molecule has 100 valence electrons. The quantitative estimate of drug-likeness (QED) is 0.675. The van der Waals surface area contributed by atoms with E-state index in [9.17, 15) is 4.79 Å². The van der Waals surface area contributed by atoms with Crippen molar-refractivity contribution in [1.82, 2.24) is 4.57 Å². The predicted octanol–water partition coefficient (Wildman–Crippen LogP) is 2.55. The van der Waals surface area contributed by atoms with Crippen LogP contribution in [-0.4, -0.2) is 11.2 Å². The minimum Gasteiger partial charge on any atom is -0.493 e. The number of aryl methyl sites for hydroxylation is 1. The summed E-state index contributed by atoms with van der Waals surface area (Å²) < 4.78 is 7.12. The topological polar surface area (TPSA) is 57.2 Å². The Balaban J connectivity index is 1.84. The first-order chi connectivity index (χ1) is 9.15. The summed E-state index contributed by atoms with van der Waals surface area (Å²) in [6.45, 7) is 1.09. The monoisotopic (exact) mass is 278 g/mol. The number of ether oxygens (including phenoxy) is 1. The number of halogens is 1. The van der Waals surface area contributed by atoms with E-state index in [4.69, 9.17) is 22.1 Å². The number of nitrogen functional groups attached to an aromatic ring is 1. The molecule has 0 aliphatic heterocycles. The summed E-state index contributed by atoms with van der Waals surface area (Å²) in [6, 6.07) is 10.3. The average molecular weight is 279 g/mol. The molecule has 0 fully saturated rings. The third-order valence-electron chi connectivity index (χ3n) is 2.62. The van der Waals surface area contributed by atoms with E-state index in [2.05, 4.69) is 0 Å². The molecule has 0 amide bonds. The van der Waals surface area contributed by atoms with Gasteiger partial charge < -0.3 is 15.0 Å². The Morgan fingerprint density at radius 1 is 1.26 bits per heavy atom. The van der Waals surface area contributed by atoms with Crippen molar-refractivity contribution in [3.05, 3.63) is 58.0 Å². The first-order valence-corrected chi connectivity index (χ1v) is 6.37. The third-order valence-corrected chi connectivity index (χ3v) is 2.84. The number of hydrogen-bond donors (Lipinski definition) is 1. The van der Waals surface area contributed by atoms with E-state index in [1.165, 1.54) is 6.07 Å². The van der Waals surface area contributed by atoms with Gasteiger partial charge in [-0.05, 0) is 24.6 Å². The Kier molecular flexibility index (Phi) is 4.47. The van der Waals surface area contributed by atoms with Crippen LogP contribution in [0.15, 0.2) is 47.4 Å². The summed E-state index contributed by atoms with van der Waals surface area (Å²) in [7, 11) is 0. The predicted molar refractivity (Wildman–Crippen MR) is 76.7 cm³/mol. The Hall–Kier alpha value is -1.94. The van der Waals surface area contributed by atoms with Crippen molar-refractivity contribution in [1.29, 1.82) is 0 Å². The van der Waals surface area contributed by atoms with Crippen molar-refractivity contribution in [2.24, 2.45) is 0 Å². The summed E-state index contributed by atoms with van der Waals surface area (Å²) in [4.78, 5) is 11.5. The Morgan fingerprint density at radius 3 is 2.89 bits per heavy atom. The van der Waals surface area contributed by atoms with Gasteiger partial charge in [-0.15, -0.1) is 0 Å². The molecular formula is C14H15ClN2O2. The summed E-state index contributed by atoms with van der Waals surface area (Å²) in [5.74, 6) is 0.735. The molecular weight excluding hydrogens is 264 g/mol. The van der Waals surface area contributed by atoms with Gasteiger partial charge in [0.2, 0.25) is 0 Å². The lowest BCUT2D eigenvalue weighted by atomic mass is 10.3. The second-order valence-corrected chi connectivity index (χ2v) is 4.59. The molecule has 0 spiro atoms. The molecule has 0 saturated carbocycles. The maximum atomic E-state index is 11.5. The van der Waals surface area contributed by atoms with Crippen LogP contribution in [0, 0.1) is 0 Å². The highest BCUT2D eigenvalue weighted by Crippen LogP contribution is 2.14. The van der Waals surface area contributed by atoms with E-state index in [-0.39, 0.29) is 5.56 Å². The zero-order chi connectivity index (χ0) is 13.7. The molecule has 0 aliphatic rings. The number of aromatic nitrogens is 1. The van der Waals surface area contributed by atoms with Crippen LogP contribution in [-0.2, 0) is 6.54 Å². The molecule has 19 heavy (non-hydrogen) atoms. The Morgan fingerprint density at radius 2 is 2.11 bits per heavy atom. The molecule has 0 unspecified atom stereocenters. The minimum absolute atomic E-state index is 0.0617. The smallest absolute Gasteiger partial charge is 0.250 e. The van der Waals surface area contributed by atoms with Crippen molar-refractivity contribution in [2.75, 3.05) is 12.3 Å². The van der Waals surface area contributed by atoms with Gasteiger partial charge in [0.15, 0.2) is 0 Å².